The van der Waals surface area contributed by atoms with E-state index in [0.717, 1.165) is 0 Å². The maximum atomic E-state index is 2.27. The maximum absolute atomic E-state index is 2.27. The van der Waals surface area contributed by atoms with Crippen molar-refractivity contribution >= 4 is 0 Å². The molecule has 0 heteroatoms. The molecule has 1 aliphatic rings. The number of hydrogen-bond donors (Lipinski definition) is 0. The van der Waals surface area contributed by atoms with Crippen molar-refractivity contribution in [3.63, 3.8) is 0 Å². The van der Waals surface area contributed by atoms with Gasteiger partial charge in [0.1, 0.15) is 0 Å². The lowest BCUT2D eigenvalue weighted by atomic mass is 9.88. The van der Waals surface area contributed by atoms with E-state index in [0.29, 0.717) is 5.41 Å². The quantitative estimate of drug-likeness (QED) is 0.535. The minimum atomic E-state index is 0.417. The second-order valence-electron chi connectivity index (χ2n) is 4.53. The van der Waals surface area contributed by atoms with E-state index < -0.39 is 0 Å². The van der Waals surface area contributed by atoms with Crippen molar-refractivity contribution < 1.29 is 0 Å². The predicted octanol–water partition coefficient (Wildman–Crippen LogP) is 3.51. The Labute approximate surface area is 70.0 Å². The van der Waals surface area contributed by atoms with Crippen LogP contribution in [-0.2, 0) is 0 Å². The van der Waals surface area contributed by atoms with Gasteiger partial charge in [-0.2, -0.15) is 0 Å². The minimum Gasteiger partial charge on any atom is -0.0734 e. The third-order valence-electron chi connectivity index (χ3n) is 1.71. The zero-order chi connectivity index (χ0) is 8.48. The molecule has 11 heavy (non-hydrogen) atoms. The molecule has 0 aliphatic heterocycles. The van der Waals surface area contributed by atoms with Gasteiger partial charge in [0.15, 0.2) is 0 Å². The third kappa shape index (κ3) is 2.92. The molecule has 0 aromatic carbocycles. The maximum Gasteiger partial charge on any atom is 0.0165 e. The van der Waals surface area contributed by atoms with Gasteiger partial charge in [-0.1, -0.05) is 51.5 Å². The first-order valence-electron chi connectivity index (χ1n) is 4.20. The van der Waals surface area contributed by atoms with Crippen LogP contribution in [0.25, 0.3) is 0 Å². The number of allylic oxidation sites excluding steroid dienone is 4. The fourth-order valence-electron chi connectivity index (χ4n) is 1.35. The van der Waals surface area contributed by atoms with Crippen molar-refractivity contribution in [3.05, 3.63) is 29.7 Å². The van der Waals surface area contributed by atoms with Gasteiger partial charge < -0.3 is 0 Å². The van der Waals surface area contributed by atoms with Gasteiger partial charge in [0, 0.05) is 5.92 Å². The molecule has 1 rings (SSSR count). The van der Waals surface area contributed by atoms with Crippen LogP contribution in [0.5, 0.6) is 0 Å². The molecule has 0 aromatic heterocycles. The predicted molar refractivity (Wildman–Crippen MR) is 50.2 cm³/mol. The molecular weight excluding hydrogens is 132 g/mol. The molecule has 0 amide bonds. The van der Waals surface area contributed by atoms with E-state index in [9.17, 15) is 0 Å². The Balaban J connectivity index is 2.53. The lowest BCUT2D eigenvalue weighted by Crippen LogP contribution is -2.04. The Kier molecular flexibility index (Phi) is 2.22. The number of hydrogen-bond acceptors (Lipinski definition) is 0. The highest BCUT2D eigenvalue weighted by molar-refractivity contribution is 5.40. The Morgan fingerprint density at radius 3 is 2.18 bits per heavy atom. The first kappa shape index (κ1) is 8.58. The summed E-state index contributed by atoms with van der Waals surface area (Å²) in [7, 11) is 0. The van der Waals surface area contributed by atoms with Gasteiger partial charge in [0.2, 0.25) is 0 Å². The summed E-state index contributed by atoms with van der Waals surface area (Å²) < 4.78 is 0. The molecule has 0 fully saturated rings. The molecule has 0 unspecified atom stereocenters. The Morgan fingerprint density at radius 1 is 1.18 bits per heavy atom. The van der Waals surface area contributed by atoms with E-state index in [1.807, 2.05) is 0 Å². The van der Waals surface area contributed by atoms with Crippen LogP contribution in [-0.4, -0.2) is 0 Å². The van der Waals surface area contributed by atoms with Crippen molar-refractivity contribution in [1.29, 1.82) is 0 Å². The zero-order valence-corrected chi connectivity index (χ0v) is 7.94. The number of rotatable bonds is 1. The normalized spacial score (nSPS) is 19.1. The van der Waals surface area contributed by atoms with Gasteiger partial charge in [0.05, 0.1) is 0 Å². The molecule has 0 N–H and O–H groups in total. The fraction of sp³-hybridized carbons (Fsp3) is 0.545. The SMILES string of the molecule is C[C]1C=CC(CC(C)(C)C)=C1. The summed E-state index contributed by atoms with van der Waals surface area (Å²) in [5, 5.41) is 0. The van der Waals surface area contributed by atoms with Crippen LogP contribution >= 0.6 is 0 Å². The average Bonchev–Trinajstić information content (AvgIpc) is 2.10. The standard InChI is InChI=1S/C11H17/c1-9-5-6-10(7-9)8-11(2,3)4/h5-7H,8H2,1-4H3. The highest BCUT2D eigenvalue weighted by Gasteiger charge is 2.14. The van der Waals surface area contributed by atoms with Crippen molar-refractivity contribution in [2.24, 2.45) is 5.41 Å². The van der Waals surface area contributed by atoms with E-state index in [1.165, 1.54) is 17.9 Å². The molecule has 1 radical (unpaired) electrons. The van der Waals surface area contributed by atoms with Crippen molar-refractivity contribution in [2.45, 2.75) is 34.1 Å². The minimum absolute atomic E-state index is 0.417. The van der Waals surface area contributed by atoms with Crippen LogP contribution in [0.15, 0.2) is 23.8 Å². The first-order chi connectivity index (χ1) is 4.97. The summed E-state index contributed by atoms with van der Waals surface area (Å²) in [6.45, 7) is 8.96. The summed E-state index contributed by atoms with van der Waals surface area (Å²) in [6, 6.07) is 0. The van der Waals surface area contributed by atoms with Crippen LogP contribution in [0.1, 0.15) is 34.1 Å². The molecule has 0 nitrogen and oxygen atoms in total. The van der Waals surface area contributed by atoms with Gasteiger partial charge in [-0.15, -0.1) is 0 Å². The van der Waals surface area contributed by atoms with Crippen molar-refractivity contribution in [1.82, 2.24) is 0 Å². The largest absolute Gasteiger partial charge is 0.0734 e. The highest BCUT2D eigenvalue weighted by atomic mass is 14.2. The van der Waals surface area contributed by atoms with Crippen LogP contribution in [0.4, 0.5) is 0 Å². The topological polar surface area (TPSA) is 0 Å². The van der Waals surface area contributed by atoms with E-state index in [2.05, 4.69) is 45.9 Å². The second kappa shape index (κ2) is 2.84. The fourth-order valence-corrected chi connectivity index (χ4v) is 1.35. The van der Waals surface area contributed by atoms with E-state index in [-0.39, 0.29) is 0 Å². The highest BCUT2D eigenvalue weighted by Crippen LogP contribution is 2.29. The van der Waals surface area contributed by atoms with Gasteiger partial charge in [-0.05, 0) is 11.8 Å². The summed E-state index contributed by atoms with van der Waals surface area (Å²) in [6.07, 6.45) is 7.85. The lowest BCUT2D eigenvalue weighted by Gasteiger charge is -2.17. The Morgan fingerprint density at radius 2 is 1.82 bits per heavy atom. The Hall–Kier alpha value is -0.520. The molecule has 0 aromatic rings. The smallest absolute Gasteiger partial charge is 0.0165 e. The molecule has 61 valence electrons. The van der Waals surface area contributed by atoms with E-state index in [1.54, 1.807) is 0 Å². The summed E-state index contributed by atoms with van der Waals surface area (Å²) in [5.74, 6) is 1.38. The monoisotopic (exact) mass is 149 g/mol. The van der Waals surface area contributed by atoms with Crippen LogP contribution in [0.3, 0.4) is 0 Å². The molecule has 0 saturated heterocycles. The van der Waals surface area contributed by atoms with Gasteiger partial charge in [0.25, 0.3) is 0 Å². The first-order valence-corrected chi connectivity index (χ1v) is 4.20. The zero-order valence-electron chi connectivity index (χ0n) is 7.94. The van der Waals surface area contributed by atoms with Crippen molar-refractivity contribution in [2.75, 3.05) is 0 Å². The summed E-state index contributed by atoms with van der Waals surface area (Å²) in [4.78, 5) is 0. The molecule has 0 spiro atoms. The van der Waals surface area contributed by atoms with Crippen LogP contribution in [0.2, 0.25) is 0 Å². The van der Waals surface area contributed by atoms with Crippen molar-refractivity contribution in [3.8, 4) is 0 Å². The molecule has 0 atom stereocenters. The molecular formula is C11H17. The summed E-state index contributed by atoms with van der Waals surface area (Å²) in [5.41, 5.74) is 1.89. The lowest BCUT2D eigenvalue weighted by molar-refractivity contribution is 0.413. The second-order valence-corrected chi connectivity index (χ2v) is 4.53. The van der Waals surface area contributed by atoms with Crippen LogP contribution in [0, 0.1) is 11.3 Å². The van der Waals surface area contributed by atoms with Gasteiger partial charge in [-0.25, -0.2) is 0 Å². The molecule has 0 saturated carbocycles. The molecule has 0 bridgehead atoms. The average molecular weight is 149 g/mol. The third-order valence-corrected chi connectivity index (χ3v) is 1.71. The molecule has 0 heterocycles. The Bertz CT molecular complexity index is 189. The van der Waals surface area contributed by atoms with Gasteiger partial charge in [-0.3, -0.25) is 0 Å². The van der Waals surface area contributed by atoms with E-state index >= 15 is 0 Å². The van der Waals surface area contributed by atoms with Crippen LogP contribution < -0.4 is 0 Å². The van der Waals surface area contributed by atoms with Gasteiger partial charge >= 0.3 is 0 Å². The summed E-state index contributed by atoms with van der Waals surface area (Å²) >= 11 is 0. The molecule has 1 aliphatic carbocycles. The van der Waals surface area contributed by atoms with E-state index in [4.69, 9.17) is 0 Å².